The highest BCUT2D eigenvalue weighted by Crippen LogP contribution is 2.24. The van der Waals surface area contributed by atoms with Crippen LogP contribution in [0.3, 0.4) is 0 Å². The highest BCUT2D eigenvalue weighted by molar-refractivity contribution is 7.99. The van der Waals surface area contributed by atoms with Crippen molar-refractivity contribution in [2.24, 2.45) is 5.73 Å². The SMILES string of the molecule is CC.CCc1cc2cccc(Cl)c2c(=O)n1-c1ccccc1.CSNc1cccc(-c2cnc(N)c(C(N)=O)n2)c1. The molecule has 3 aromatic carbocycles. The van der Waals surface area contributed by atoms with Crippen molar-refractivity contribution in [1.82, 2.24) is 14.5 Å². The third-order valence-electron chi connectivity index (χ3n) is 5.86. The summed E-state index contributed by atoms with van der Waals surface area (Å²) in [6.45, 7) is 6.05. The van der Waals surface area contributed by atoms with E-state index in [1.165, 1.54) is 18.1 Å². The number of aryl methyl sites for hydroxylation is 1. The van der Waals surface area contributed by atoms with E-state index in [0.717, 1.165) is 34.4 Å². The second kappa shape index (κ2) is 14.9. The van der Waals surface area contributed by atoms with Crippen molar-refractivity contribution in [2.45, 2.75) is 27.2 Å². The van der Waals surface area contributed by atoms with Crippen LogP contribution in [0.25, 0.3) is 27.7 Å². The van der Waals surface area contributed by atoms with Crippen LogP contribution < -0.4 is 21.7 Å². The van der Waals surface area contributed by atoms with E-state index in [9.17, 15) is 9.59 Å². The minimum atomic E-state index is -0.690. The number of primary amides is 1. The smallest absolute Gasteiger partial charge is 0.271 e. The summed E-state index contributed by atoms with van der Waals surface area (Å²) in [5.41, 5.74) is 14.9. The van der Waals surface area contributed by atoms with E-state index in [-0.39, 0.29) is 17.1 Å². The number of carbonyl (C=O) groups is 1. The van der Waals surface area contributed by atoms with Crippen LogP contribution in [0.2, 0.25) is 5.02 Å². The minimum Gasteiger partial charge on any atom is -0.382 e. The molecular weight excluding hydrogens is 556 g/mol. The number of anilines is 2. The number of aromatic nitrogens is 3. The number of nitrogens with two attached hydrogens (primary N) is 2. The first-order chi connectivity index (χ1) is 19.8. The van der Waals surface area contributed by atoms with Crippen LogP contribution in [0.15, 0.2) is 89.9 Å². The quantitative estimate of drug-likeness (QED) is 0.187. The fourth-order valence-electron chi connectivity index (χ4n) is 4.07. The van der Waals surface area contributed by atoms with Gasteiger partial charge in [0.1, 0.15) is 0 Å². The number of benzene rings is 3. The topological polar surface area (TPSA) is 129 Å². The van der Waals surface area contributed by atoms with Crippen molar-refractivity contribution in [3.8, 4) is 16.9 Å². The molecule has 212 valence electrons. The number of pyridine rings is 1. The van der Waals surface area contributed by atoms with Gasteiger partial charge in [0.15, 0.2) is 11.5 Å². The Kier molecular flexibility index (Phi) is 11.3. The van der Waals surface area contributed by atoms with E-state index in [1.807, 2.05) is 99.8 Å². The molecule has 0 radical (unpaired) electrons. The van der Waals surface area contributed by atoms with Gasteiger partial charge in [0.25, 0.3) is 11.5 Å². The van der Waals surface area contributed by atoms with Gasteiger partial charge in [-0.1, -0.05) is 86.8 Å². The largest absolute Gasteiger partial charge is 0.382 e. The number of carbonyl (C=O) groups excluding carboxylic acids is 1. The van der Waals surface area contributed by atoms with E-state index in [1.54, 1.807) is 10.6 Å². The van der Waals surface area contributed by atoms with Crippen LogP contribution >= 0.6 is 23.5 Å². The molecule has 5 rings (SSSR count). The van der Waals surface area contributed by atoms with Crippen LogP contribution in [0.5, 0.6) is 0 Å². The molecular formula is C31H33ClN6O2S. The Bertz CT molecular complexity index is 1690. The lowest BCUT2D eigenvalue weighted by Crippen LogP contribution is -2.22. The molecule has 0 unspecified atom stereocenters. The summed E-state index contributed by atoms with van der Waals surface area (Å²) >= 11 is 7.69. The molecule has 2 aromatic heterocycles. The number of para-hydroxylation sites is 1. The summed E-state index contributed by atoms with van der Waals surface area (Å²) in [4.78, 5) is 32.1. The molecule has 8 nitrogen and oxygen atoms in total. The van der Waals surface area contributed by atoms with Crippen LogP contribution in [-0.2, 0) is 6.42 Å². The first-order valence-electron chi connectivity index (χ1n) is 13.0. The van der Waals surface area contributed by atoms with Crippen molar-refractivity contribution in [2.75, 3.05) is 16.7 Å². The summed E-state index contributed by atoms with van der Waals surface area (Å²) in [5.74, 6) is -0.653. The average Bonchev–Trinajstić information content (AvgIpc) is 2.99. The maximum atomic E-state index is 12.8. The van der Waals surface area contributed by atoms with Gasteiger partial charge in [-0.05, 0) is 48.2 Å². The maximum Gasteiger partial charge on any atom is 0.271 e. The van der Waals surface area contributed by atoms with Crippen LogP contribution in [0, 0.1) is 0 Å². The van der Waals surface area contributed by atoms with Crippen molar-refractivity contribution >= 4 is 51.7 Å². The van der Waals surface area contributed by atoms with E-state index >= 15 is 0 Å². The van der Waals surface area contributed by atoms with Crippen LogP contribution in [0.4, 0.5) is 11.5 Å². The summed E-state index contributed by atoms with van der Waals surface area (Å²) < 4.78 is 4.86. The van der Waals surface area contributed by atoms with Gasteiger partial charge >= 0.3 is 0 Å². The summed E-state index contributed by atoms with van der Waals surface area (Å²) in [5, 5.41) is 1.97. The summed E-state index contributed by atoms with van der Waals surface area (Å²) in [7, 11) is 0. The normalized spacial score (nSPS) is 10.2. The first kappa shape index (κ1) is 31.2. The van der Waals surface area contributed by atoms with Gasteiger partial charge in [0.2, 0.25) is 0 Å². The lowest BCUT2D eigenvalue weighted by Gasteiger charge is -2.14. The molecule has 0 atom stereocenters. The minimum absolute atomic E-state index is 0.0132. The monoisotopic (exact) mass is 588 g/mol. The number of amides is 1. The molecule has 0 aliphatic carbocycles. The van der Waals surface area contributed by atoms with Gasteiger partial charge in [-0.25, -0.2) is 9.97 Å². The number of hydrogen-bond acceptors (Lipinski definition) is 7. The standard InChI is InChI=1S/C17H14ClNO.C12H13N5OS.C2H6/c1-2-13-11-12-7-6-10-15(18)16(12)17(20)19(13)14-8-4-3-5-9-14;1-19-17-8-4-2-3-7(5-8)9-6-15-11(13)10(16-9)12(14)18;1-2/h3-11H,2H2,1H3;2-6,17H,1H3,(H2,13,15)(H2,14,18);1-2H3. The fourth-order valence-corrected chi connectivity index (χ4v) is 4.70. The molecule has 0 spiro atoms. The Balaban J connectivity index is 0.000000213. The van der Waals surface area contributed by atoms with Gasteiger partial charge < -0.3 is 16.2 Å². The molecule has 0 aliphatic heterocycles. The highest BCUT2D eigenvalue weighted by atomic mass is 35.5. The zero-order chi connectivity index (χ0) is 29.9. The number of rotatable bonds is 6. The summed E-state index contributed by atoms with van der Waals surface area (Å²) in [6.07, 6.45) is 4.23. The van der Waals surface area contributed by atoms with E-state index in [4.69, 9.17) is 23.1 Å². The van der Waals surface area contributed by atoms with Crippen molar-refractivity contribution < 1.29 is 4.79 Å². The van der Waals surface area contributed by atoms with Gasteiger partial charge in [-0.2, -0.15) is 0 Å². The Morgan fingerprint density at radius 1 is 1.02 bits per heavy atom. The molecule has 1 amide bonds. The van der Waals surface area contributed by atoms with Gasteiger partial charge in [-0.3, -0.25) is 14.2 Å². The molecule has 41 heavy (non-hydrogen) atoms. The number of hydrogen-bond donors (Lipinski definition) is 3. The zero-order valence-corrected chi connectivity index (χ0v) is 25.0. The van der Waals surface area contributed by atoms with Crippen molar-refractivity contribution in [1.29, 1.82) is 0 Å². The predicted molar refractivity (Wildman–Crippen MR) is 173 cm³/mol. The lowest BCUT2D eigenvalue weighted by molar-refractivity contribution is 0.0996. The second-order valence-corrected chi connectivity index (χ2v) is 9.43. The Labute approximate surface area is 248 Å². The molecule has 5 N–H and O–H groups in total. The third-order valence-corrected chi connectivity index (χ3v) is 6.62. The molecule has 0 aliphatic rings. The average molecular weight is 589 g/mol. The highest BCUT2D eigenvalue weighted by Gasteiger charge is 2.13. The van der Waals surface area contributed by atoms with E-state index < -0.39 is 5.91 Å². The van der Waals surface area contributed by atoms with Gasteiger partial charge in [0, 0.05) is 28.9 Å². The molecule has 0 saturated carbocycles. The molecule has 5 aromatic rings. The number of nitrogens with zero attached hydrogens (tertiary/aromatic N) is 3. The number of halogens is 1. The first-order valence-corrected chi connectivity index (χ1v) is 14.6. The zero-order valence-electron chi connectivity index (χ0n) is 23.4. The molecule has 10 heteroatoms. The Hall–Kier alpha value is -4.34. The lowest BCUT2D eigenvalue weighted by atomic mass is 10.1. The second-order valence-electron chi connectivity index (χ2n) is 8.41. The van der Waals surface area contributed by atoms with E-state index in [2.05, 4.69) is 14.7 Å². The van der Waals surface area contributed by atoms with Gasteiger partial charge in [0.05, 0.1) is 22.3 Å². The van der Waals surface area contributed by atoms with Gasteiger partial charge in [-0.15, -0.1) is 0 Å². The summed E-state index contributed by atoms with van der Waals surface area (Å²) in [6, 6.07) is 24.8. The van der Waals surface area contributed by atoms with Crippen molar-refractivity contribution in [3.05, 3.63) is 112 Å². The number of nitrogen functional groups attached to an aromatic ring is 1. The molecule has 0 bridgehead atoms. The Morgan fingerprint density at radius 2 is 1.73 bits per heavy atom. The molecule has 2 heterocycles. The number of nitrogens with one attached hydrogen (secondary N) is 1. The van der Waals surface area contributed by atoms with Crippen LogP contribution in [-0.4, -0.2) is 26.7 Å². The maximum absolute atomic E-state index is 12.8. The molecule has 0 saturated heterocycles. The van der Waals surface area contributed by atoms with E-state index in [0.29, 0.717) is 16.1 Å². The van der Waals surface area contributed by atoms with Crippen molar-refractivity contribution in [3.63, 3.8) is 0 Å². The Morgan fingerprint density at radius 3 is 2.39 bits per heavy atom. The molecule has 0 fully saturated rings. The van der Waals surface area contributed by atoms with Crippen LogP contribution in [0.1, 0.15) is 37.0 Å². The third kappa shape index (κ3) is 7.45. The predicted octanol–water partition coefficient (Wildman–Crippen LogP) is 6.75. The number of fused-ring (bicyclic) bond motifs is 1. The fraction of sp³-hybridized carbons (Fsp3) is 0.161.